The number of hydrogen-bond donors (Lipinski definition) is 0. The Bertz CT molecular complexity index is 554. The minimum atomic E-state index is -0.915. The molecule has 0 unspecified atom stereocenters. The number of aromatic nitrogens is 1. The predicted molar refractivity (Wildman–Crippen MR) is 53.4 cm³/mol. The second-order valence-corrected chi connectivity index (χ2v) is 3.25. The number of nitro groups is 1. The van der Waals surface area contributed by atoms with Crippen LogP contribution in [0.2, 0.25) is 5.15 Å². The van der Waals surface area contributed by atoms with Crippen LogP contribution >= 0.6 is 11.6 Å². The van der Waals surface area contributed by atoms with E-state index in [2.05, 4.69) is 4.98 Å². The first-order valence-corrected chi connectivity index (χ1v) is 4.36. The normalized spacial score (nSPS) is 10.5. The van der Waals surface area contributed by atoms with Crippen molar-refractivity contribution < 1.29 is 9.31 Å². The summed E-state index contributed by atoms with van der Waals surface area (Å²) in [4.78, 5) is 13.6. The summed E-state index contributed by atoms with van der Waals surface area (Å²) in [5.41, 5.74) is -0.678. The topological polar surface area (TPSA) is 56.0 Å². The molecule has 76 valence electrons. The molecular formula is C9H4ClFN2O2. The zero-order valence-electron chi connectivity index (χ0n) is 7.28. The van der Waals surface area contributed by atoms with Gasteiger partial charge in [-0.2, -0.15) is 4.39 Å². The summed E-state index contributed by atoms with van der Waals surface area (Å²) in [6.45, 7) is 0. The lowest BCUT2D eigenvalue weighted by atomic mass is 10.2. The maximum Gasteiger partial charge on any atom is 0.330 e. The lowest BCUT2D eigenvalue weighted by molar-refractivity contribution is -0.385. The summed E-state index contributed by atoms with van der Waals surface area (Å²) in [5, 5.41) is 11.2. The molecule has 0 radical (unpaired) electrons. The van der Waals surface area contributed by atoms with Crippen LogP contribution in [0, 0.1) is 15.9 Å². The molecule has 0 saturated carbocycles. The van der Waals surface area contributed by atoms with Gasteiger partial charge in [-0.1, -0.05) is 11.6 Å². The Morgan fingerprint density at radius 3 is 2.67 bits per heavy atom. The Morgan fingerprint density at radius 2 is 2.00 bits per heavy atom. The van der Waals surface area contributed by atoms with Gasteiger partial charge in [0.1, 0.15) is 5.15 Å². The first kappa shape index (κ1) is 9.79. The van der Waals surface area contributed by atoms with Crippen LogP contribution in [0.5, 0.6) is 0 Å². The molecule has 0 aliphatic carbocycles. The van der Waals surface area contributed by atoms with Gasteiger partial charge in [0.15, 0.2) is 5.52 Å². The maximum absolute atomic E-state index is 13.2. The molecule has 0 spiro atoms. The summed E-state index contributed by atoms with van der Waals surface area (Å²) in [6.07, 6.45) is 0. The molecule has 0 saturated heterocycles. The Balaban J connectivity index is 2.90. The van der Waals surface area contributed by atoms with Crippen molar-refractivity contribution in [1.82, 2.24) is 4.98 Å². The Morgan fingerprint density at radius 1 is 1.33 bits per heavy atom. The number of halogens is 2. The van der Waals surface area contributed by atoms with Crippen molar-refractivity contribution in [2.75, 3.05) is 0 Å². The van der Waals surface area contributed by atoms with Crippen molar-refractivity contribution >= 4 is 28.2 Å². The maximum atomic E-state index is 13.2. The number of nitro benzene ring substituents is 1. The predicted octanol–water partition coefficient (Wildman–Crippen LogP) is 2.94. The van der Waals surface area contributed by atoms with Crippen LogP contribution in [0.15, 0.2) is 24.3 Å². The molecule has 0 atom stereocenters. The highest BCUT2D eigenvalue weighted by atomic mass is 35.5. The Hall–Kier alpha value is -1.75. The average molecular weight is 227 g/mol. The quantitative estimate of drug-likeness (QED) is 0.427. The molecule has 0 N–H and O–H groups in total. The van der Waals surface area contributed by atoms with Gasteiger partial charge in [0.25, 0.3) is 0 Å². The van der Waals surface area contributed by atoms with E-state index in [0.29, 0.717) is 5.39 Å². The van der Waals surface area contributed by atoms with Crippen LogP contribution < -0.4 is 0 Å². The first-order chi connectivity index (χ1) is 7.09. The van der Waals surface area contributed by atoms with E-state index >= 15 is 0 Å². The van der Waals surface area contributed by atoms with Crippen molar-refractivity contribution in [3.05, 3.63) is 45.4 Å². The molecule has 15 heavy (non-hydrogen) atoms. The number of nitrogens with zero attached hydrogens (tertiary/aromatic N) is 2. The standard InChI is InChI=1S/C9H4ClFN2O2/c10-7-4-2-5-1-3-6(11)9(13(14)15)8(5)12-7/h1-4H. The average Bonchev–Trinajstić information content (AvgIpc) is 2.16. The van der Waals surface area contributed by atoms with Gasteiger partial charge in [-0.25, -0.2) is 4.98 Å². The van der Waals surface area contributed by atoms with Crippen LogP contribution in [0.4, 0.5) is 10.1 Å². The molecule has 0 amide bonds. The fourth-order valence-electron chi connectivity index (χ4n) is 1.30. The van der Waals surface area contributed by atoms with E-state index < -0.39 is 16.4 Å². The molecule has 1 heterocycles. The molecule has 2 aromatic rings. The van der Waals surface area contributed by atoms with Crippen molar-refractivity contribution in [3.8, 4) is 0 Å². The van der Waals surface area contributed by atoms with E-state index in [0.717, 1.165) is 6.07 Å². The number of pyridine rings is 1. The molecule has 0 aliphatic rings. The van der Waals surface area contributed by atoms with Crippen LogP contribution in [0.1, 0.15) is 0 Å². The zero-order chi connectivity index (χ0) is 11.0. The van der Waals surface area contributed by atoms with Gasteiger partial charge in [-0.15, -0.1) is 0 Å². The molecule has 6 heteroatoms. The largest absolute Gasteiger partial charge is 0.330 e. The van der Waals surface area contributed by atoms with Gasteiger partial charge in [0.2, 0.25) is 5.82 Å². The number of fused-ring (bicyclic) bond motifs is 1. The lowest BCUT2D eigenvalue weighted by Gasteiger charge is -1.99. The monoisotopic (exact) mass is 226 g/mol. The van der Waals surface area contributed by atoms with E-state index in [1.165, 1.54) is 12.1 Å². The van der Waals surface area contributed by atoms with Gasteiger partial charge in [0, 0.05) is 5.39 Å². The van der Waals surface area contributed by atoms with Crippen LogP contribution in [-0.4, -0.2) is 9.91 Å². The molecule has 2 rings (SSSR count). The van der Waals surface area contributed by atoms with Gasteiger partial charge < -0.3 is 0 Å². The molecule has 1 aromatic heterocycles. The zero-order valence-corrected chi connectivity index (χ0v) is 8.03. The summed E-state index contributed by atoms with van der Waals surface area (Å²) in [7, 11) is 0. The lowest BCUT2D eigenvalue weighted by Crippen LogP contribution is -1.95. The van der Waals surface area contributed by atoms with Crippen LogP contribution in [-0.2, 0) is 0 Å². The van der Waals surface area contributed by atoms with E-state index in [9.17, 15) is 14.5 Å². The van der Waals surface area contributed by atoms with Crippen molar-refractivity contribution in [2.24, 2.45) is 0 Å². The van der Waals surface area contributed by atoms with Crippen molar-refractivity contribution in [3.63, 3.8) is 0 Å². The summed E-state index contributed by atoms with van der Waals surface area (Å²) >= 11 is 5.59. The summed E-state index contributed by atoms with van der Waals surface area (Å²) in [6, 6.07) is 5.50. The number of rotatable bonds is 1. The molecule has 0 bridgehead atoms. The van der Waals surface area contributed by atoms with Gasteiger partial charge in [-0.05, 0) is 24.3 Å². The smallest absolute Gasteiger partial charge is 0.258 e. The molecule has 0 aliphatic heterocycles. The van der Waals surface area contributed by atoms with Gasteiger partial charge in [-0.3, -0.25) is 10.1 Å². The Labute approximate surface area is 88.5 Å². The third-order valence-electron chi connectivity index (χ3n) is 1.93. The number of hydrogen-bond acceptors (Lipinski definition) is 3. The third-order valence-corrected chi connectivity index (χ3v) is 2.15. The van der Waals surface area contributed by atoms with Crippen LogP contribution in [0.3, 0.4) is 0 Å². The van der Waals surface area contributed by atoms with Crippen molar-refractivity contribution in [1.29, 1.82) is 0 Å². The van der Waals surface area contributed by atoms with Gasteiger partial charge >= 0.3 is 5.69 Å². The van der Waals surface area contributed by atoms with Crippen molar-refractivity contribution in [2.45, 2.75) is 0 Å². The van der Waals surface area contributed by atoms with E-state index in [1.54, 1.807) is 6.07 Å². The summed E-state index contributed by atoms with van der Waals surface area (Å²) < 4.78 is 13.2. The molecular weight excluding hydrogens is 223 g/mol. The molecule has 4 nitrogen and oxygen atoms in total. The van der Waals surface area contributed by atoms with E-state index in [-0.39, 0.29) is 10.7 Å². The molecule has 0 fully saturated rings. The number of benzene rings is 1. The second-order valence-electron chi connectivity index (χ2n) is 2.86. The minimum absolute atomic E-state index is 0.0347. The SMILES string of the molecule is O=[N+]([O-])c1c(F)ccc2ccc(Cl)nc12. The molecule has 1 aromatic carbocycles. The highest BCUT2D eigenvalue weighted by Gasteiger charge is 2.19. The van der Waals surface area contributed by atoms with E-state index in [1.807, 2.05) is 0 Å². The second kappa shape index (κ2) is 3.43. The fourth-order valence-corrected chi connectivity index (χ4v) is 1.45. The van der Waals surface area contributed by atoms with Crippen LogP contribution in [0.25, 0.3) is 10.9 Å². The Kier molecular flexibility index (Phi) is 2.24. The van der Waals surface area contributed by atoms with E-state index in [4.69, 9.17) is 11.6 Å². The first-order valence-electron chi connectivity index (χ1n) is 3.99. The highest BCUT2D eigenvalue weighted by Crippen LogP contribution is 2.27. The van der Waals surface area contributed by atoms with Gasteiger partial charge in [0.05, 0.1) is 4.92 Å². The summed E-state index contributed by atoms with van der Waals surface area (Å²) in [5.74, 6) is -0.915. The third kappa shape index (κ3) is 1.61. The fraction of sp³-hybridized carbons (Fsp3) is 0. The highest BCUT2D eigenvalue weighted by molar-refractivity contribution is 6.29. The minimum Gasteiger partial charge on any atom is -0.258 e.